The Hall–Kier alpha value is -1.46. The third kappa shape index (κ3) is 4.50. The zero-order valence-corrected chi connectivity index (χ0v) is 9.70. The topological polar surface area (TPSA) is 58.6 Å². The molecule has 0 unspecified atom stereocenters. The largest absolute Gasteiger partial charge is 0.394 e. The smallest absolute Gasteiger partial charge is 0.254 e. The molecular weight excluding hydrogens is 225 g/mol. The summed E-state index contributed by atoms with van der Waals surface area (Å²) in [5.74, 6) is -0.992. The van der Waals surface area contributed by atoms with Gasteiger partial charge < -0.3 is 15.2 Å². The molecule has 1 aromatic carbocycles. The van der Waals surface area contributed by atoms with Crippen molar-refractivity contribution in [1.29, 1.82) is 0 Å². The monoisotopic (exact) mass is 241 g/mol. The molecule has 0 aliphatic rings. The van der Waals surface area contributed by atoms with Crippen LogP contribution in [0.5, 0.6) is 0 Å². The molecule has 0 aliphatic carbocycles. The van der Waals surface area contributed by atoms with Crippen molar-refractivity contribution in [3.63, 3.8) is 0 Å². The summed E-state index contributed by atoms with van der Waals surface area (Å²) < 4.78 is 18.4. The van der Waals surface area contributed by atoms with Crippen LogP contribution < -0.4 is 5.32 Å². The highest BCUT2D eigenvalue weighted by molar-refractivity contribution is 5.94. The van der Waals surface area contributed by atoms with Crippen molar-refractivity contribution < 1.29 is 19.0 Å². The number of rotatable bonds is 6. The third-order valence-corrected chi connectivity index (χ3v) is 2.14. The van der Waals surface area contributed by atoms with E-state index >= 15 is 0 Å². The normalized spacial score (nSPS) is 10.3. The lowest BCUT2D eigenvalue weighted by atomic mass is 10.1. The van der Waals surface area contributed by atoms with Gasteiger partial charge in [-0.3, -0.25) is 4.79 Å². The maximum atomic E-state index is 13.4. The van der Waals surface area contributed by atoms with Gasteiger partial charge >= 0.3 is 0 Å². The number of benzene rings is 1. The predicted molar refractivity (Wildman–Crippen MR) is 61.4 cm³/mol. The van der Waals surface area contributed by atoms with Crippen molar-refractivity contribution >= 4 is 5.91 Å². The number of hydrogen-bond donors (Lipinski definition) is 2. The SMILES string of the molecule is Cc1ccc(C(=O)NCCOCCO)c(F)c1. The maximum absolute atomic E-state index is 13.4. The molecule has 1 amide bonds. The number of hydrogen-bond acceptors (Lipinski definition) is 3. The van der Waals surface area contributed by atoms with E-state index in [1.807, 2.05) is 0 Å². The molecule has 0 heterocycles. The Labute approximate surface area is 99.4 Å². The van der Waals surface area contributed by atoms with E-state index in [9.17, 15) is 9.18 Å². The standard InChI is InChI=1S/C12H16FNO3/c1-9-2-3-10(11(13)8-9)12(16)14-4-6-17-7-5-15/h2-3,8,15H,4-7H2,1H3,(H,14,16). The molecule has 17 heavy (non-hydrogen) atoms. The van der Waals surface area contributed by atoms with Crippen LogP contribution in [0.3, 0.4) is 0 Å². The number of aryl methyl sites for hydroxylation is 1. The lowest BCUT2D eigenvalue weighted by molar-refractivity contribution is 0.0836. The minimum Gasteiger partial charge on any atom is -0.394 e. The second-order valence-corrected chi connectivity index (χ2v) is 3.58. The van der Waals surface area contributed by atoms with Crippen LogP contribution in [0.15, 0.2) is 18.2 Å². The molecule has 0 saturated carbocycles. The van der Waals surface area contributed by atoms with Gasteiger partial charge in [0, 0.05) is 6.54 Å². The summed E-state index contributed by atoms with van der Waals surface area (Å²) in [6.07, 6.45) is 0. The number of carbonyl (C=O) groups excluding carboxylic acids is 1. The van der Waals surface area contributed by atoms with Crippen LogP contribution in [0.2, 0.25) is 0 Å². The Morgan fingerprint density at radius 3 is 2.88 bits per heavy atom. The fourth-order valence-electron chi connectivity index (χ4n) is 1.30. The van der Waals surface area contributed by atoms with Crippen molar-refractivity contribution in [2.75, 3.05) is 26.4 Å². The molecule has 0 fully saturated rings. The number of aliphatic hydroxyl groups excluding tert-OH is 1. The highest BCUT2D eigenvalue weighted by atomic mass is 19.1. The van der Waals surface area contributed by atoms with Gasteiger partial charge in [-0.1, -0.05) is 6.07 Å². The summed E-state index contributed by atoms with van der Waals surface area (Å²) >= 11 is 0. The average molecular weight is 241 g/mol. The first-order valence-corrected chi connectivity index (χ1v) is 5.38. The van der Waals surface area contributed by atoms with Crippen LogP contribution in [0.1, 0.15) is 15.9 Å². The first kappa shape index (κ1) is 13.6. The lowest BCUT2D eigenvalue weighted by Crippen LogP contribution is -2.28. The number of aliphatic hydroxyl groups is 1. The number of halogens is 1. The molecule has 0 radical (unpaired) electrons. The molecule has 5 heteroatoms. The summed E-state index contributed by atoms with van der Waals surface area (Å²) in [7, 11) is 0. The predicted octanol–water partition coefficient (Wildman–Crippen LogP) is 0.873. The van der Waals surface area contributed by atoms with Crippen molar-refractivity contribution in [1.82, 2.24) is 5.32 Å². The maximum Gasteiger partial charge on any atom is 0.254 e. The summed E-state index contributed by atoms with van der Waals surface area (Å²) in [5, 5.41) is 11.0. The van der Waals surface area contributed by atoms with Crippen molar-refractivity contribution in [2.45, 2.75) is 6.92 Å². The summed E-state index contributed by atoms with van der Waals surface area (Å²) in [6.45, 7) is 2.51. The van der Waals surface area contributed by atoms with Gasteiger partial charge in [0.1, 0.15) is 5.82 Å². The second kappa shape index (κ2) is 6.98. The Kier molecular flexibility index (Phi) is 5.59. The van der Waals surface area contributed by atoms with Gasteiger partial charge in [-0.05, 0) is 24.6 Å². The summed E-state index contributed by atoms with van der Waals surface area (Å²) in [4.78, 5) is 11.6. The molecule has 2 N–H and O–H groups in total. The van der Waals surface area contributed by atoms with Gasteiger partial charge in [-0.25, -0.2) is 4.39 Å². The van der Waals surface area contributed by atoms with E-state index in [0.29, 0.717) is 6.61 Å². The first-order valence-electron chi connectivity index (χ1n) is 5.38. The number of amides is 1. The van der Waals surface area contributed by atoms with E-state index in [4.69, 9.17) is 9.84 Å². The minimum absolute atomic E-state index is 0.0257. The Morgan fingerprint density at radius 2 is 2.24 bits per heavy atom. The highest BCUT2D eigenvalue weighted by Gasteiger charge is 2.10. The number of carbonyl (C=O) groups is 1. The minimum atomic E-state index is -0.529. The third-order valence-electron chi connectivity index (χ3n) is 2.14. The van der Waals surface area contributed by atoms with E-state index in [1.54, 1.807) is 13.0 Å². The first-order chi connectivity index (χ1) is 8.15. The van der Waals surface area contributed by atoms with Crippen molar-refractivity contribution in [3.05, 3.63) is 35.1 Å². The van der Waals surface area contributed by atoms with E-state index in [2.05, 4.69) is 5.32 Å². The molecule has 0 spiro atoms. The fourth-order valence-corrected chi connectivity index (χ4v) is 1.30. The van der Waals surface area contributed by atoms with Crippen LogP contribution in [-0.4, -0.2) is 37.4 Å². The molecule has 0 aliphatic heterocycles. The van der Waals surface area contributed by atoms with Gasteiger partial charge in [0.15, 0.2) is 0 Å². The van der Waals surface area contributed by atoms with Gasteiger partial charge in [0.05, 0.1) is 25.4 Å². The highest BCUT2D eigenvalue weighted by Crippen LogP contribution is 2.09. The van der Waals surface area contributed by atoms with E-state index < -0.39 is 11.7 Å². The molecule has 1 rings (SSSR count). The van der Waals surface area contributed by atoms with Crippen LogP contribution in [-0.2, 0) is 4.74 Å². The molecule has 94 valence electrons. The molecular formula is C12H16FNO3. The molecule has 4 nitrogen and oxygen atoms in total. The van der Waals surface area contributed by atoms with E-state index in [-0.39, 0.29) is 25.3 Å². The Morgan fingerprint density at radius 1 is 1.47 bits per heavy atom. The van der Waals surface area contributed by atoms with Gasteiger partial charge in [-0.15, -0.1) is 0 Å². The molecule has 0 bridgehead atoms. The summed E-state index contributed by atoms with van der Waals surface area (Å²) in [6, 6.07) is 4.45. The van der Waals surface area contributed by atoms with Crippen molar-refractivity contribution in [3.8, 4) is 0 Å². The van der Waals surface area contributed by atoms with E-state index in [0.717, 1.165) is 5.56 Å². The van der Waals surface area contributed by atoms with Crippen LogP contribution in [0.25, 0.3) is 0 Å². The molecule has 0 saturated heterocycles. The van der Waals surface area contributed by atoms with Gasteiger partial charge in [-0.2, -0.15) is 0 Å². The van der Waals surface area contributed by atoms with Gasteiger partial charge in [0.25, 0.3) is 5.91 Å². The number of ether oxygens (including phenoxy) is 1. The van der Waals surface area contributed by atoms with Gasteiger partial charge in [0.2, 0.25) is 0 Å². The fraction of sp³-hybridized carbons (Fsp3) is 0.417. The molecule has 0 aromatic heterocycles. The molecule has 1 aromatic rings. The Bertz CT molecular complexity index is 382. The average Bonchev–Trinajstić information content (AvgIpc) is 2.28. The van der Waals surface area contributed by atoms with Crippen LogP contribution in [0, 0.1) is 12.7 Å². The van der Waals surface area contributed by atoms with Crippen LogP contribution >= 0.6 is 0 Å². The molecule has 0 atom stereocenters. The second-order valence-electron chi connectivity index (χ2n) is 3.58. The summed E-state index contributed by atoms with van der Waals surface area (Å²) in [5.41, 5.74) is 0.795. The lowest BCUT2D eigenvalue weighted by Gasteiger charge is -2.06. The zero-order valence-electron chi connectivity index (χ0n) is 9.70. The Balaban J connectivity index is 2.42. The quantitative estimate of drug-likeness (QED) is 0.727. The van der Waals surface area contributed by atoms with Crippen molar-refractivity contribution in [2.24, 2.45) is 0 Å². The number of nitrogens with one attached hydrogen (secondary N) is 1. The van der Waals surface area contributed by atoms with E-state index in [1.165, 1.54) is 12.1 Å². The van der Waals surface area contributed by atoms with Crippen LogP contribution in [0.4, 0.5) is 4.39 Å². The zero-order chi connectivity index (χ0) is 12.7.